The first-order chi connectivity index (χ1) is 8.44. The van der Waals surface area contributed by atoms with Crippen LogP contribution in [0.1, 0.15) is 35.7 Å². The third kappa shape index (κ3) is 1.33. The highest BCUT2D eigenvalue weighted by molar-refractivity contribution is 6.05. The third-order valence-electron chi connectivity index (χ3n) is 3.86. The van der Waals surface area contributed by atoms with Crippen LogP contribution in [0.4, 0.5) is 0 Å². The van der Waals surface area contributed by atoms with E-state index >= 15 is 0 Å². The van der Waals surface area contributed by atoms with E-state index in [0.29, 0.717) is 16.5 Å². The molecule has 2 heterocycles. The Kier molecular flexibility index (Phi) is 2.00. The zero-order chi connectivity index (χ0) is 13.1. The molecule has 0 atom stereocenters. The first kappa shape index (κ1) is 11.1. The molecule has 5 nitrogen and oxygen atoms in total. The van der Waals surface area contributed by atoms with E-state index in [9.17, 15) is 9.59 Å². The van der Waals surface area contributed by atoms with Crippen LogP contribution in [0, 0.1) is 6.92 Å². The van der Waals surface area contributed by atoms with Crippen molar-refractivity contribution < 1.29 is 4.79 Å². The molecular formula is C13H15N3O2. The summed E-state index contributed by atoms with van der Waals surface area (Å²) in [6, 6.07) is 0. The molecule has 1 aliphatic rings. The second-order valence-electron chi connectivity index (χ2n) is 5.30. The molecule has 0 spiro atoms. The second-order valence-corrected chi connectivity index (χ2v) is 5.30. The molecule has 3 N–H and O–H groups in total. The Morgan fingerprint density at radius 3 is 2.72 bits per heavy atom. The van der Waals surface area contributed by atoms with Crippen molar-refractivity contribution in [2.75, 3.05) is 0 Å². The maximum absolute atomic E-state index is 12.5. The van der Waals surface area contributed by atoms with Gasteiger partial charge in [-0.3, -0.25) is 9.59 Å². The van der Waals surface area contributed by atoms with Crippen molar-refractivity contribution in [3.63, 3.8) is 0 Å². The number of pyridine rings is 1. The van der Waals surface area contributed by atoms with Crippen molar-refractivity contribution in [3.05, 3.63) is 33.9 Å². The van der Waals surface area contributed by atoms with Crippen molar-refractivity contribution in [2.45, 2.75) is 32.2 Å². The van der Waals surface area contributed by atoms with E-state index in [1.807, 2.05) is 13.8 Å². The number of aromatic amines is 1. The zero-order valence-electron chi connectivity index (χ0n) is 10.4. The first-order valence-electron chi connectivity index (χ1n) is 5.98. The molecule has 5 heteroatoms. The van der Waals surface area contributed by atoms with Crippen LogP contribution in [0.5, 0.6) is 0 Å². The Morgan fingerprint density at radius 1 is 1.50 bits per heavy atom. The van der Waals surface area contributed by atoms with Crippen LogP contribution in [0.3, 0.4) is 0 Å². The van der Waals surface area contributed by atoms with Gasteiger partial charge in [-0.05, 0) is 32.3 Å². The van der Waals surface area contributed by atoms with Crippen LogP contribution in [0.2, 0.25) is 0 Å². The lowest BCUT2D eigenvalue weighted by Gasteiger charge is -2.15. The number of primary amides is 1. The fraction of sp³-hybridized carbons (Fsp3) is 0.385. The number of fused-ring (bicyclic) bond motifs is 1. The minimum Gasteiger partial charge on any atom is -0.365 e. The Bertz CT molecular complexity index is 720. The highest BCUT2D eigenvalue weighted by Crippen LogP contribution is 2.42. The predicted molar refractivity (Wildman–Crippen MR) is 68.7 cm³/mol. The lowest BCUT2D eigenvalue weighted by molar-refractivity contribution is 0.100. The molecule has 2 aromatic heterocycles. The van der Waals surface area contributed by atoms with Gasteiger partial charge in [-0.2, -0.15) is 0 Å². The van der Waals surface area contributed by atoms with Gasteiger partial charge in [0.25, 0.3) is 11.5 Å². The number of hydrogen-bond donors (Lipinski definition) is 2. The topological polar surface area (TPSA) is 80.9 Å². The summed E-state index contributed by atoms with van der Waals surface area (Å²) >= 11 is 0. The quantitative estimate of drug-likeness (QED) is 0.834. The molecule has 0 bridgehead atoms. The lowest BCUT2D eigenvalue weighted by Crippen LogP contribution is -2.30. The molecule has 18 heavy (non-hydrogen) atoms. The molecule has 3 rings (SSSR count). The summed E-state index contributed by atoms with van der Waals surface area (Å²) in [5.74, 6) is -0.514. The van der Waals surface area contributed by atoms with E-state index in [-0.39, 0.29) is 11.1 Å². The van der Waals surface area contributed by atoms with Crippen LogP contribution in [-0.2, 0) is 5.54 Å². The molecule has 94 valence electrons. The smallest absolute Gasteiger partial charge is 0.260 e. The number of hydrogen-bond acceptors (Lipinski definition) is 2. The van der Waals surface area contributed by atoms with E-state index < -0.39 is 5.91 Å². The SMILES string of the molecule is Cc1c[nH]c2c(C(N)=O)cn(C3(C)CC3)c(=O)c12. The summed E-state index contributed by atoms with van der Waals surface area (Å²) in [4.78, 5) is 26.9. The van der Waals surface area contributed by atoms with Gasteiger partial charge < -0.3 is 15.3 Å². The number of H-pyrrole nitrogens is 1. The van der Waals surface area contributed by atoms with Gasteiger partial charge in [0.1, 0.15) is 0 Å². The van der Waals surface area contributed by atoms with E-state index in [2.05, 4.69) is 4.98 Å². The van der Waals surface area contributed by atoms with E-state index in [1.165, 1.54) is 0 Å². The van der Waals surface area contributed by atoms with Gasteiger partial charge in [-0.1, -0.05) is 0 Å². The highest BCUT2D eigenvalue weighted by atomic mass is 16.1. The van der Waals surface area contributed by atoms with Gasteiger partial charge in [0.2, 0.25) is 0 Å². The predicted octanol–water partition coefficient (Wildman–Crippen LogP) is 1.25. The van der Waals surface area contributed by atoms with Gasteiger partial charge in [0.15, 0.2) is 0 Å². The van der Waals surface area contributed by atoms with Crippen LogP contribution in [-0.4, -0.2) is 15.5 Å². The van der Waals surface area contributed by atoms with Crippen molar-refractivity contribution in [2.24, 2.45) is 5.73 Å². The largest absolute Gasteiger partial charge is 0.365 e. The van der Waals surface area contributed by atoms with Gasteiger partial charge >= 0.3 is 0 Å². The van der Waals surface area contributed by atoms with Gasteiger partial charge in [0.05, 0.1) is 16.5 Å². The molecule has 1 amide bonds. The Hall–Kier alpha value is -2.04. The number of carbonyl (C=O) groups excluding carboxylic acids is 1. The molecule has 0 radical (unpaired) electrons. The standard InChI is InChI=1S/C13H15N3O2/c1-7-5-15-10-8(11(14)17)6-16(12(18)9(7)10)13(2)3-4-13/h5-6,15H,3-4H2,1-2H3,(H2,14,17). The molecule has 1 aliphatic carbocycles. The van der Waals surface area contributed by atoms with Crippen molar-refractivity contribution in [3.8, 4) is 0 Å². The number of aromatic nitrogens is 2. The fourth-order valence-corrected chi connectivity index (χ4v) is 2.39. The Labute approximate surface area is 104 Å². The summed E-state index contributed by atoms with van der Waals surface area (Å²) in [6.45, 7) is 3.87. The number of rotatable bonds is 2. The Morgan fingerprint density at radius 2 is 2.17 bits per heavy atom. The second kappa shape index (κ2) is 3.25. The highest BCUT2D eigenvalue weighted by Gasteiger charge is 2.40. The number of aryl methyl sites for hydroxylation is 1. The monoisotopic (exact) mass is 245 g/mol. The fourth-order valence-electron chi connectivity index (χ4n) is 2.39. The normalized spacial score (nSPS) is 17.0. The maximum Gasteiger partial charge on any atom is 0.260 e. The maximum atomic E-state index is 12.5. The summed E-state index contributed by atoms with van der Waals surface area (Å²) in [5.41, 5.74) is 6.97. The third-order valence-corrected chi connectivity index (χ3v) is 3.86. The van der Waals surface area contributed by atoms with Crippen molar-refractivity contribution in [1.82, 2.24) is 9.55 Å². The minimum atomic E-state index is -0.514. The average Bonchev–Trinajstić information content (AvgIpc) is 2.92. The van der Waals surface area contributed by atoms with Crippen molar-refractivity contribution in [1.29, 1.82) is 0 Å². The molecule has 2 aromatic rings. The van der Waals surface area contributed by atoms with E-state index in [1.54, 1.807) is 17.0 Å². The molecule has 0 aromatic carbocycles. The molecule has 1 fully saturated rings. The number of amides is 1. The molecule has 0 unspecified atom stereocenters. The first-order valence-corrected chi connectivity index (χ1v) is 5.98. The zero-order valence-corrected chi connectivity index (χ0v) is 10.4. The molecular weight excluding hydrogens is 230 g/mol. The summed E-state index contributed by atoms with van der Waals surface area (Å²) < 4.78 is 1.66. The molecule has 0 saturated heterocycles. The molecule has 0 aliphatic heterocycles. The van der Waals surface area contributed by atoms with Gasteiger partial charge in [0, 0.05) is 17.9 Å². The van der Waals surface area contributed by atoms with Gasteiger partial charge in [-0.25, -0.2) is 0 Å². The van der Waals surface area contributed by atoms with Crippen LogP contribution >= 0.6 is 0 Å². The van der Waals surface area contributed by atoms with Crippen LogP contribution in [0.15, 0.2) is 17.2 Å². The summed E-state index contributed by atoms with van der Waals surface area (Å²) in [5, 5.41) is 0.569. The lowest BCUT2D eigenvalue weighted by atomic mass is 10.1. The van der Waals surface area contributed by atoms with Crippen LogP contribution in [0.25, 0.3) is 10.9 Å². The van der Waals surface area contributed by atoms with Crippen molar-refractivity contribution >= 4 is 16.8 Å². The van der Waals surface area contributed by atoms with Crippen LogP contribution < -0.4 is 11.3 Å². The Balaban J connectivity index is 2.46. The number of nitrogens with two attached hydrogens (primary N) is 1. The number of nitrogens with one attached hydrogen (secondary N) is 1. The number of nitrogens with zero attached hydrogens (tertiary/aromatic N) is 1. The van der Waals surface area contributed by atoms with E-state index in [0.717, 1.165) is 18.4 Å². The average molecular weight is 245 g/mol. The minimum absolute atomic E-state index is 0.0475. The number of carbonyl (C=O) groups is 1. The van der Waals surface area contributed by atoms with Gasteiger partial charge in [-0.15, -0.1) is 0 Å². The summed E-state index contributed by atoms with van der Waals surface area (Å²) in [7, 11) is 0. The van der Waals surface area contributed by atoms with E-state index in [4.69, 9.17) is 5.73 Å². The summed E-state index contributed by atoms with van der Waals surface area (Å²) in [6.07, 6.45) is 5.24. The molecule has 1 saturated carbocycles.